The van der Waals surface area contributed by atoms with E-state index in [1.165, 1.54) is 12.1 Å². The Balaban J connectivity index is 2.12. The molecule has 0 amide bonds. The second-order valence-electron chi connectivity index (χ2n) is 5.14. The maximum Gasteiger partial charge on any atom is 0.272 e. The fraction of sp³-hybridized carbons (Fsp3) is 0.571. The van der Waals surface area contributed by atoms with Crippen molar-refractivity contribution in [3.05, 3.63) is 34.1 Å². The molecule has 1 aliphatic heterocycles. The Kier molecular flexibility index (Phi) is 4.89. The Hall–Kier alpha value is -1.69. The molecule has 1 fully saturated rings. The van der Waals surface area contributed by atoms with Gasteiger partial charge in [0.05, 0.1) is 16.7 Å². The fourth-order valence-electron chi connectivity index (χ4n) is 2.66. The first kappa shape index (κ1) is 14.7. The van der Waals surface area contributed by atoms with E-state index >= 15 is 0 Å². The third-order valence-corrected chi connectivity index (χ3v) is 3.74. The van der Waals surface area contributed by atoms with E-state index in [4.69, 9.17) is 0 Å². The molecule has 1 aromatic rings. The third-order valence-electron chi connectivity index (χ3n) is 3.74. The predicted molar refractivity (Wildman–Crippen MR) is 76.5 cm³/mol. The van der Waals surface area contributed by atoms with Gasteiger partial charge in [0.25, 0.3) is 5.69 Å². The molecular weight excluding hydrogens is 261 g/mol. The molecule has 1 saturated heterocycles. The van der Waals surface area contributed by atoms with Gasteiger partial charge in [-0.2, -0.15) is 0 Å². The highest BCUT2D eigenvalue weighted by Gasteiger charge is 2.19. The van der Waals surface area contributed by atoms with Gasteiger partial charge in [0.2, 0.25) is 0 Å². The first-order valence-electron chi connectivity index (χ1n) is 7.01. The molecule has 1 unspecified atom stereocenters. The van der Waals surface area contributed by atoms with Gasteiger partial charge in [0.1, 0.15) is 0 Å². The number of benzene rings is 1. The molecular formula is C14H20FN3O2. The number of hydrogen-bond donors (Lipinski definition) is 1. The lowest BCUT2D eigenvalue weighted by molar-refractivity contribution is -0.385. The van der Waals surface area contributed by atoms with Crippen LogP contribution in [0.2, 0.25) is 0 Å². The van der Waals surface area contributed by atoms with E-state index in [2.05, 4.69) is 5.32 Å². The summed E-state index contributed by atoms with van der Waals surface area (Å²) in [4.78, 5) is 12.0. The highest BCUT2D eigenvalue weighted by molar-refractivity contribution is 5.52. The number of nitrogens with one attached hydrogen (secondary N) is 1. The highest BCUT2D eigenvalue weighted by atomic mass is 19.1. The van der Waals surface area contributed by atoms with Crippen molar-refractivity contribution < 1.29 is 9.31 Å². The summed E-state index contributed by atoms with van der Waals surface area (Å²) in [5.74, 6) is -0.0249. The maximum absolute atomic E-state index is 14.0. The fourth-order valence-corrected chi connectivity index (χ4v) is 2.66. The van der Waals surface area contributed by atoms with Crippen LogP contribution in [0, 0.1) is 21.8 Å². The van der Waals surface area contributed by atoms with Gasteiger partial charge in [-0.1, -0.05) is 0 Å². The maximum atomic E-state index is 14.0. The van der Waals surface area contributed by atoms with E-state index in [-0.39, 0.29) is 5.69 Å². The van der Waals surface area contributed by atoms with Gasteiger partial charge in [0, 0.05) is 19.2 Å². The van der Waals surface area contributed by atoms with Crippen molar-refractivity contribution in [1.82, 2.24) is 5.32 Å². The van der Waals surface area contributed by atoms with Crippen molar-refractivity contribution in [2.45, 2.75) is 19.8 Å². The molecule has 5 nitrogen and oxygen atoms in total. The average molecular weight is 281 g/mol. The largest absolute Gasteiger partial charge is 0.369 e. The summed E-state index contributed by atoms with van der Waals surface area (Å²) in [6, 6.07) is 3.87. The molecule has 110 valence electrons. The summed E-state index contributed by atoms with van der Waals surface area (Å²) in [6.07, 6.45) is 2.28. The first-order chi connectivity index (χ1) is 9.61. The number of nitro benzene ring substituents is 1. The van der Waals surface area contributed by atoms with E-state index in [1.54, 1.807) is 0 Å². The minimum absolute atomic E-state index is 0.207. The molecule has 1 heterocycles. The first-order valence-corrected chi connectivity index (χ1v) is 7.01. The summed E-state index contributed by atoms with van der Waals surface area (Å²) < 4.78 is 14.0. The molecule has 0 bridgehead atoms. The molecule has 6 heteroatoms. The monoisotopic (exact) mass is 281 g/mol. The molecule has 0 radical (unpaired) electrons. The molecule has 1 N–H and O–H groups in total. The highest BCUT2D eigenvalue weighted by Crippen LogP contribution is 2.25. The van der Waals surface area contributed by atoms with E-state index in [1.807, 2.05) is 11.8 Å². The third kappa shape index (κ3) is 3.45. The van der Waals surface area contributed by atoms with Crippen LogP contribution < -0.4 is 10.2 Å². The lowest BCUT2D eigenvalue weighted by Crippen LogP contribution is -2.38. The zero-order chi connectivity index (χ0) is 14.5. The summed E-state index contributed by atoms with van der Waals surface area (Å²) in [7, 11) is 0. The molecule has 0 aromatic heterocycles. The van der Waals surface area contributed by atoms with Crippen molar-refractivity contribution in [1.29, 1.82) is 0 Å². The van der Waals surface area contributed by atoms with Gasteiger partial charge in [-0.05, 0) is 44.8 Å². The normalized spacial score (nSPS) is 18.8. The lowest BCUT2D eigenvalue weighted by atomic mass is 9.99. The Morgan fingerprint density at radius 1 is 1.55 bits per heavy atom. The van der Waals surface area contributed by atoms with E-state index < -0.39 is 10.7 Å². The number of hydrogen-bond acceptors (Lipinski definition) is 4. The molecule has 0 spiro atoms. The van der Waals surface area contributed by atoms with Crippen molar-refractivity contribution in [3.8, 4) is 0 Å². The SMILES string of the molecule is CCN(CC1CCCNC1)c1ccc([N+](=O)[O-])cc1F. The number of nitrogens with zero attached hydrogens (tertiary/aromatic N) is 2. The predicted octanol–water partition coefficient (Wildman–Crippen LogP) is 2.56. The molecule has 1 atom stereocenters. The molecule has 0 aliphatic carbocycles. The summed E-state index contributed by atoms with van der Waals surface area (Å²) in [5, 5.41) is 14.0. The molecule has 2 rings (SSSR count). The number of anilines is 1. The van der Waals surface area contributed by atoms with Crippen molar-refractivity contribution in [2.24, 2.45) is 5.92 Å². The van der Waals surface area contributed by atoms with Gasteiger partial charge < -0.3 is 10.2 Å². The van der Waals surface area contributed by atoms with Crippen LogP contribution in [0.4, 0.5) is 15.8 Å². The lowest BCUT2D eigenvalue weighted by Gasteiger charge is -2.31. The minimum Gasteiger partial charge on any atom is -0.369 e. The smallest absolute Gasteiger partial charge is 0.272 e. The Morgan fingerprint density at radius 2 is 2.35 bits per heavy atom. The number of rotatable bonds is 5. The summed E-state index contributed by atoms with van der Waals surface area (Å²) in [5.41, 5.74) is 0.241. The van der Waals surface area contributed by atoms with Gasteiger partial charge >= 0.3 is 0 Å². The number of piperidine rings is 1. The van der Waals surface area contributed by atoms with E-state index in [9.17, 15) is 14.5 Å². The second-order valence-corrected chi connectivity index (χ2v) is 5.14. The minimum atomic E-state index is -0.575. The van der Waals surface area contributed by atoms with Crippen molar-refractivity contribution in [2.75, 3.05) is 31.1 Å². The molecule has 0 saturated carbocycles. The standard InChI is InChI=1S/C14H20FN3O2/c1-2-17(10-11-4-3-7-16-9-11)14-6-5-12(18(19)20)8-13(14)15/h5-6,8,11,16H,2-4,7,9-10H2,1H3. The molecule has 1 aromatic carbocycles. The van der Waals surface area contributed by atoms with Crippen LogP contribution >= 0.6 is 0 Å². The van der Waals surface area contributed by atoms with Crippen molar-refractivity contribution >= 4 is 11.4 Å². The van der Waals surface area contributed by atoms with E-state index in [0.717, 1.165) is 38.5 Å². The van der Waals surface area contributed by atoms with Crippen LogP contribution in [-0.4, -0.2) is 31.1 Å². The van der Waals surface area contributed by atoms with Crippen LogP contribution in [0.1, 0.15) is 19.8 Å². The van der Waals surface area contributed by atoms with Gasteiger partial charge in [-0.15, -0.1) is 0 Å². The van der Waals surface area contributed by atoms with Gasteiger partial charge in [-0.3, -0.25) is 10.1 Å². The van der Waals surface area contributed by atoms with Crippen LogP contribution in [0.5, 0.6) is 0 Å². The average Bonchev–Trinajstić information content (AvgIpc) is 2.46. The van der Waals surface area contributed by atoms with Crippen LogP contribution in [-0.2, 0) is 0 Å². The number of non-ortho nitro benzene ring substituents is 1. The topological polar surface area (TPSA) is 58.4 Å². The van der Waals surface area contributed by atoms with E-state index in [0.29, 0.717) is 18.2 Å². The Labute approximate surface area is 117 Å². The zero-order valence-electron chi connectivity index (χ0n) is 11.6. The number of nitro groups is 1. The van der Waals surface area contributed by atoms with Gasteiger partial charge in [0.15, 0.2) is 5.82 Å². The summed E-state index contributed by atoms with van der Waals surface area (Å²) >= 11 is 0. The number of halogens is 1. The molecule has 1 aliphatic rings. The Morgan fingerprint density at radius 3 is 2.90 bits per heavy atom. The van der Waals surface area contributed by atoms with Crippen LogP contribution in [0.15, 0.2) is 18.2 Å². The molecule has 20 heavy (non-hydrogen) atoms. The Bertz CT molecular complexity index is 475. The summed E-state index contributed by atoms with van der Waals surface area (Å²) in [6.45, 7) is 5.43. The second kappa shape index (κ2) is 6.65. The van der Waals surface area contributed by atoms with Crippen LogP contribution in [0.3, 0.4) is 0 Å². The zero-order valence-corrected chi connectivity index (χ0v) is 11.6. The van der Waals surface area contributed by atoms with Gasteiger partial charge in [-0.25, -0.2) is 4.39 Å². The van der Waals surface area contributed by atoms with Crippen LogP contribution in [0.25, 0.3) is 0 Å². The quantitative estimate of drug-likeness (QED) is 0.665. The van der Waals surface area contributed by atoms with Crippen molar-refractivity contribution in [3.63, 3.8) is 0 Å².